The number of phenols is 1. The summed E-state index contributed by atoms with van der Waals surface area (Å²) in [7, 11) is 0. The van der Waals surface area contributed by atoms with E-state index in [-0.39, 0.29) is 25.0 Å². The summed E-state index contributed by atoms with van der Waals surface area (Å²) in [5.41, 5.74) is 1.83. The minimum absolute atomic E-state index is 0.122. The van der Waals surface area contributed by atoms with Crippen LogP contribution in [-0.2, 0) is 6.54 Å². The summed E-state index contributed by atoms with van der Waals surface area (Å²) in [6, 6.07) is 4.99. The Morgan fingerprint density at radius 3 is 2.53 bits per heavy atom. The maximum absolute atomic E-state index is 9.53. The van der Waals surface area contributed by atoms with Crippen molar-refractivity contribution in [2.75, 3.05) is 13.2 Å². The van der Waals surface area contributed by atoms with E-state index in [0.717, 1.165) is 11.1 Å². The summed E-state index contributed by atoms with van der Waals surface area (Å²) >= 11 is 0. The molecule has 0 amide bonds. The van der Waals surface area contributed by atoms with Crippen molar-refractivity contribution in [1.82, 2.24) is 5.32 Å². The van der Waals surface area contributed by atoms with E-state index in [1.54, 1.807) is 6.07 Å². The molecule has 0 saturated heterocycles. The minimum atomic E-state index is -0.343. The molecular formula is C11H17NO3. The van der Waals surface area contributed by atoms with E-state index in [4.69, 9.17) is 10.2 Å². The SMILES string of the molecule is Cc1ccc(O)c(CNC(CO)CO)c1. The molecule has 0 aliphatic heterocycles. The van der Waals surface area contributed by atoms with Crippen LogP contribution in [0.3, 0.4) is 0 Å². The van der Waals surface area contributed by atoms with Crippen LogP contribution in [0.1, 0.15) is 11.1 Å². The number of hydrogen-bond donors (Lipinski definition) is 4. The summed E-state index contributed by atoms with van der Waals surface area (Å²) in [5.74, 6) is 0.225. The van der Waals surface area contributed by atoms with Gasteiger partial charge in [-0.15, -0.1) is 0 Å². The third-order valence-electron chi connectivity index (χ3n) is 2.26. The van der Waals surface area contributed by atoms with Crippen molar-refractivity contribution in [1.29, 1.82) is 0 Å². The first-order valence-corrected chi connectivity index (χ1v) is 4.91. The zero-order chi connectivity index (χ0) is 11.3. The van der Waals surface area contributed by atoms with Crippen LogP contribution < -0.4 is 5.32 Å². The Morgan fingerprint density at radius 1 is 1.27 bits per heavy atom. The lowest BCUT2D eigenvalue weighted by atomic mass is 10.1. The van der Waals surface area contributed by atoms with Crippen LogP contribution in [0.4, 0.5) is 0 Å². The molecular weight excluding hydrogens is 194 g/mol. The normalized spacial score (nSPS) is 10.9. The van der Waals surface area contributed by atoms with Gasteiger partial charge in [-0.05, 0) is 13.0 Å². The molecule has 4 heteroatoms. The van der Waals surface area contributed by atoms with Crippen LogP contribution in [0.25, 0.3) is 0 Å². The average Bonchev–Trinajstić information content (AvgIpc) is 2.24. The number of aromatic hydroxyl groups is 1. The second-order valence-corrected chi connectivity index (χ2v) is 3.58. The molecule has 1 aromatic carbocycles. The molecule has 0 aliphatic rings. The molecule has 0 saturated carbocycles. The Bertz CT molecular complexity index is 311. The molecule has 0 radical (unpaired) electrons. The van der Waals surface area contributed by atoms with Gasteiger partial charge in [-0.3, -0.25) is 0 Å². The first-order valence-electron chi connectivity index (χ1n) is 4.91. The van der Waals surface area contributed by atoms with E-state index in [1.807, 2.05) is 19.1 Å². The van der Waals surface area contributed by atoms with Gasteiger partial charge in [-0.1, -0.05) is 17.7 Å². The Hall–Kier alpha value is -1.10. The van der Waals surface area contributed by atoms with Crippen LogP contribution in [0.2, 0.25) is 0 Å². The number of phenolic OH excluding ortho intramolecular Hbond substituents is 1. The van der Waals surface area contributed by atoms with Crippen molar-refractivity contribution in [3.05, 3.63) is 29.3 Å². The lowest BCUT2D eigenvalue weighted by Gasteiger charge is -2.14. The van der Waals surface area contributed by atoms with Crippen molar-refractivity contribution >= 4 is 0 Å². The van der Waals surface area contributed by atoms with Crippen molar-refractivity contribution in [2.24, 2.45) is 0 Å². The second-order valence-electron chi connectivity index (χ2n) is 3.58. The molecule has 0 bridgehead atoms. The molecule has 84 valence electrons. The van der Waals surface area contributed by atoms with Gasteiger partial charge in [0.15, 0.2) is 0 Å². The average molecular weight is 211 g/mol. The zero-order valence-corrected chi connectivity index (χ0v) is 8.77. The zero-order valence-electron chi connectivity index (χ0n) is 8.77. The van der Waals surface area contributed by atoms with Gasteiger partial charge in [0.2, 0.25) is 0 Å². The van der Waals surface area contributed by atoms with Crippen LogP contribution >= 0.6 is 0 Å². The topological polar surface area (TPSA) is 72.7 Å². The van der Waals surface area contributed by atoms with Crippen molar-refractivity contribution in [2.45, 2.75) is 19.5 Å². The number of benzene rings is 1. The maximum atomic E-state index is 9.53. The molecule has 0 aromatic heterocycles. The van der Waals surface area contributed by atoms with Crippen LogP contribution in [0.15, 0.2) is 18.2 Å². The number of rotatable bonds is 5. The summed E-state index contributed by atoms with van der Waals surface area (Å²) in [6.07, 6.45) is 0. The fourth-order valence-electron chi connectivity index (χ4n) is 1.30. The van der Waals surface area contributed by atoms with Crippen LogP contribution in [-0.4, -0.2) is 34.6 Å². The Kier molecular flexibility index (Phi) is 4.55. The highest BCUT2D eigenvalue weighted by Crippen LogP contribution is 2.17. The molecule has 0 atom stereocenters. The van der Waals surface area contributed by atoms with E-state index in [0.29, 0.717) is 6.54 Å². The first-order chi connectivity index (χ1) is 7.17. The van der Waals surface area contributed by atoms with Gasteiger partial charge in [-0.25, -0.2) is 0 Å². The third-order valence-corrected chi connectivity index (χ3v) is 2.26. The van der Waals surface area contributed by atoms with Crippen LogP contribution in [0.5, 0.6) is 5.75 Å². The Labute approximate surface area is 89.2 Å². The van der Waals surface area contributed by atoms with E-state index in [1.165, 1.54) is 0 Å². The molecule has 4 nitrogen and oxygen atoms in total. The largest absolute Gasteiger partial charge is 0.508 e. The van der Waals surface area contributed by atoms with E-state index in [9.17, 15) is 5.11 Å². The van der Waals surface area contributed by atoms with Gasteiger partial charge in [0, 0.05) is 12.1 Å². The summed E-state index contributed by atoms with van der Waals surface area (Å²) < 4.78 is 0. The van der Waals surface area contributed by atoms with E-state index in [2.05, 4.69) is 5.32 Å². The highest BCUT2D eigenvalue weighted by Gasteiger charge is 2.06. The number of nitrogens with one attached hydrogen (secondary N) is 1. The number of aliphatic hydroxyl groups is 2. The standard InChI is InChI=1S/C11H17NO3/c1-8-2-3-11(15)9(4-8)5-12-10(6-13)7-14/h2-4,10,12-15H,5-7H2,1H3. The molecule has 0 aliphatic carbocycles. The van der Waals surface area contributed by atoms with Crippen molar-refractivity contribution in [3.63, 3.8) is 0 Å². The summed E-state index contributed by atoms with van der Waals surface area (Å²) in [4.78, 5) is 0. The predicted molar refractivity (Wildman–Crippen MR) is 57.6 cm³/mol. The van der Waals surface area contributed by atoms with Crippen molar-refractivity contribution < 1.29 is 15.3 Å². The molecule has 1 aromatic rings. The molecule has 4 N–H and O–H groups in total. The third kappa shape index (κ3) is 3.51. The Morgan fingerprint density at radius 2 is 1.93 bits per heavy atom. The van der Waals surface area contributed by atoms with E-state index < -0.39 is 0 Å². The molecule has 0 unspecified atom stereocenters. The highest BCUT2D eigenvalue weighted by atomic mass is 16.3. The molecule has 0 spiro atoms. The first kappa shape index (κ1) is 12.0. The number of aliphatic hydroxyl groups excluding tert-OH is 2. The summed E-state index contributed by atoms with van der Waals surface area (Å²) in [6.45, 7) is 2.13. The molecule has 1 rings (SSSR count). The number of aryl methyl sites for hydroxylation is 1. The lowest BCUT2D eigenvalue weighted by molar-refractivity contribution is 0.170. The van der Waals surface area contributed by atoms with Gasteiger partial charge in [0.05, 0.1) is 19.3 Å². The molecule has 15 heavy (non-hydrogen) atoms. The van der Waals surface area contributed by atoms with Crippen molar-refractivity contribution in [3.8, 4) is 5.75 Å². The lowest BCUT2D eigenvalue weighted by Crippen LogP contribution is -2.35. The second kappa shape index (κ2) is 5.70. The number of hydrogen-bond acceptors (Lipinski definition) is 4. The molecule has 0 fully saturated rings. The smallest absolute Gasteiger partial charge is 0.120 e. The van der Waals surface area contributed by atoms with Crippen LogP contribution in [0, 0.1) is 6.92 Å². The quantitative estimate of drug-likeness (QED) is 0.559. The van der Waals surface area contributed by atoms with Gasteiger partial charge in [-0.2, -0.15) is 0 Å². The fraction of sp³-hybridized carbons (Fsp3) is 0.455. The molecule has 0 heterocycles. The minimum Gasteiger partial charge on any atom is -0.508 e. The predicted octanol–water partition coefficient (Wildman–Crippen LogP) is 0.143. The maximum Gasteiger partial charge on any atom is 0.120 e. The van der Waals surface area contributed by atoms with Gasteiger partial charge < -0.3 is 20.6 Å². The van der Waals surface area contributed by atoms with Gasteiger partial charge in [0.25, 0.3) is 0 Å². The highest BCUT2D eigenvalue weighted by molar-refractivity contribution is 5.35. The van der Waals surface area contributed by atoms with E-state index >= 15 is 0 Å². The fourth-order valence-corrected chi connectivity index (χ4v) is 1.30. The Balaban J connectivity index is 2.60. The van der Waals surface area contributed by atoms with Gasteiger partial charge in [0.1, 0.15) is 5.75 Å². The monoisotopic (exact) mass is 211 g/mol. The van der Waals surface area contributed by atoms with Gasteiger partial charge >= 0.3 is 0 Å². The summed E-state index contributed by atoms with van der Waals surface area (Å²) in [5, 5.41) is 30.2.